The van der Waals surface area contributed by atoms with Crippen molar-refractivity contribution in [1.82, 2.24) is 10.6 Å². The summed E-state index contributed by atoms with van der Waals surface area (Å²) in [5.41, 5.74) is 1.70. The molecule has 0 aliphatic heterocycles. The van der Waals surface area contributed by atoms with Gasteiger partial charge in [-0.2, -0.15) is 0 Å². The highest BCUT2D eigenvalue weighted by Gasteiger charge is 2.05. The van der Waals surface area contributed by atoms with E-state index in [0.29, 0.717) is 29.4 Å². The van der Waals surface area contributed by atoms with Crippen molar-refractivity contribution in [3.63, 3.8) is 0 Å². The molecule has 0 saturated carbocycles. The van der Waals surface area contributed by atoms with Gasteiger partial charge in [0.1, 0.15) is 0 Å². The summed E-state index contributed by atoms with van der Waals surface area (Å²) in [4.78, 5) is 23.6. The molecule has 2 aromatic carbocycles. The first-order chi connectivity index (χ1) is 11.6. The normalized spacial score (nSPS) is 10.2. The smallest absolute Gasteiger partial charge is 0.251 e. The maximum Gasteiger partial charge on any atom is 0.251 e. The Labute approximate surface area is 151 Å². The molecule has 0 unspecified atom stereocenters. The molecule has 0 spiro atoms. The summed E-state index contributed by atoms with van der Waals surface area (Å²) in [5, 5.41) is 6.25. The number of amides is 2. The van der Waals surface area contributed by atoms with E-state index >= 15 is 0 Å². The number of carbonyl (C=O) groups is 2. The van der Waals surface area contributed by atoms with Gasteiger partial charge in [0.05, 0.1) is 5.75 Å². The van der Waals surface area contributed by atoms with E-state index in [9.17, 15) is 9.59 Å². The van der Waals surface area contributed by atoms with E-state index in [1.54, 1.807) is 12.1 Å². The lowest BCUT2D eigenvalue weighted by Gasteiger charge is -2.07. The molecule has 24 heavy (non-hydrogen) atoms. The standard InChI is InChI=1S/C18H19ClN2O2S/c19-16-8-4-5-14(11-16)12-24-13-17(22)20-9-10-21-18(23)15-6-2-1-3-7-15/h1-8,11H,9-10,12-13H2,(H,20,22)(H,21,23). The molecule has 2 N–H and O–H groups in total. The molecule has 6 heteroatoms. The van der Waals surface area contributed by atoms with Gasteiger partial charge in [0.2, 0.25) is 5.91 Å². The van der Waals surface area contributed by atoms with Gasteiger partial charge in [-0.25, -0.2) is 0 Å². The molecular weight excluding hydrogens is 344 g/mol. The van der Waals surface area contributed by atoms with Gasteiger partial charge in [0, 0.05) is 29.4 Å². The summed E-state index contributed by atoms with van der Waals surface area (Å²) >= 11 is 7.44. The van der Waals surface area contributed by atoms with Crippen LogP contribution in [-0.2, 0) is 10.5 Å². The van der Waals surface area contributed by atoms with Crippen molar-refractivity contribution in [1.29, 1.82) is 0 Å². The van der Waals surface area contributed by atoms with Crippen molar-refractivity contribution < 1.29 is 9.59 Å². The van der Waals surface area contributed by atoms with Crippen LogP contribution in [-0.4, -0.2) is 30.7 Å². The maximum atomic E-state index is 11.8. The van der Waals surface area contributed by atoms with Gasteiger partial charge < -0.3 is 10.6 Å². The van der Waals surface area contributed by atoms with Gasteiger partial charge in [0.15, 0.2) is 0 Å². The number of hydrogen-bond donors (Lipinski definition) is 2. The third-order valence-corrected chi connectivity index (χ3v) is 4.40. The molecule has 2 aromatic rings. The number of nitrogens with one attached hydrogen (secondary N) is 2. The van der Waals surface area contributed by atoms with Gasteiger partial charge in [-0.15, -0.1) is 11.8 Å². The SMILES string of the molecule is O=C(CSCc1cccc(Cl)c1)NCCNC(=O)c1ccccc1. The molecule has 0 fully saturated rings. The number of hydrogen-bond acceptors (Lipinski definition) is 3. The summed E-state index contributed by atoms with van der Waals surface area (Å²) in [6.45, 7) is 0.813. The van der Waals surface area contributed by atoms with Crippen LogP contribution >= 0.6 is 23.4 Å². The zero-order chi connectivity index (χ0) is 17.2. The number of rotatable bonds is 8. The minimum atomic E-state index is -0.139. The summed E-state index contributed by atoms with van der Waals surface area (Å²) in [5.74, 6) is 0.925. The highest BCUT2D eigenvalue weighted by molar-refractivity contribution is 7.99. The lowest BCUT2D eigenvalue weighted by molar-refractivity contribution is -0.118. The molecule has 2 rings (SSSR count). The van der Waals surface area contributed by atoms with Crippen LogP contribution in [0.1, 0.15) is 15.9 Å². The molecule has 0 bridgehead atoms. The summed E-state index contributed by atoms with van der Waals surface area (Å²) in [6, 6.07) is 16.6. The van der Waals surface area contributed by atoms with Gasteiger partial charge >= 0.3 is 0 Å². The molecule has 0 radical (unpaired) electrons. The van der Waals surface area contributed by atoms with Crippen LogP contribution in [0.4, 0.5) is 0 Å². The van der Waals surface area contributed by atoms with Gasteiger partial charge in [-0.3, -0.25) is 9.59 Å². The maximum absolute atomic E-state index is 11.8. The predicted molar refractivity (Wildman–Crippen MR) is 99.4 cm³/mol. The molecule has 0 saturated heterocycles. The first-order valence-electron chi connectivity index (χ1n) is 7.57. The average Bonchev–Trinajstić information content (AvgIpc) is 2.59. The quantitative estimate of drug-likeness (QED) is 0.709. The fourth-order valence-corrected chi connectivity index (χ4v) is 3.03. The number of thioether (sulfide) groups is 1. The fraction of sp³-hybridized carbons (Fsp3) is 0.222. The Hall–Kier alpha value is -1.98. The topological polar surface area (TPSA) is 58.2 Å². The van der Waals surface area contributed by atoms with Crippen molar-refractivity contribution in [2.45, 2.75) is 5.75 Å². The number of benzene rings is 2. The minimum Gasteiger partial charge on any atom is -0.354 e. The van der Waals surface area contributed by atoms with Crippen LogP contribution in [0, 0.1) is 0 Å². The Morgan fingerprint density at radius 2 is 1.71 bits per heavy atom. The largest absolute Gasteiger partial charge is 0.354 e. The van der Waals surface area contributed by atoms with Crippen LogP contribution in [0.15, 0.2) is 54.6 Å². The van der Waals surface area contributed by atoms with E-state index < -0.39 is 0 Å². The third kappa shape index (κ3) is 6.64. The van der Waals surface area contributed by atoms with Gasteiger partial charge in [0.25, 0.3) is 5.91 Å². The molecule has 0 aliphatic carbocycles. The van der Waals surface area contributed by atoms with E-state index in [-0.39, 0.29) is 11.8 Å². The van der Waals surface area contributed by atoms with Crippen molar-refractivity contribution in [3.05, 3.63) is 70.7 Å². The Bertz CT molecular complexity index is 680. The van der Waals surface area contributed by atoms with Gasteiger partial charge in [-0.1, -0.05) is 41.9 Å². The predicted octanol–water partition coefficient (Wildman–Crippen LogP) is 3.12. The fourth-order valence-electron chi connectivity index (χ4n) is 2.01. The van der Waals surface area contributed by atoms with E-state index in [1.807, 2.05) is 42.5 Å². The highest BCUT2D eigenvalue weighted by Crippen LogP contribution is 2.16. The highest BCUT2D eigenvalue weighted by atomic mass is 35.5. The molecule has 2 amide bonds. The third-order valence-electron chi connectivity index (χ3n) is 3.16. The second kappa shape index (κ2) is 10.0. The van der Waals surface area contributed by atoms with Crippen LogP contribution in [0.5, 0.6) is 0 Å². The summed E-state index contributed by atoms with van der Waals surface area (Å²) in [7, 11) is 0. The Morgan fingerprint density at radius 3 is 2.46 bits per heavy atom. The van der Waals surface area contributed by atoms with E-state index in [1.165, 1.54) is 11.8 Å². The number of halogens is 1. The van der Waals surface area contributed by atoms with Crippen molar-refractivity contribution >= 4 is 35.2 Å². The van der Waals surface area contributed by atoms with Crippen molar-refractivity contribution in [2.24, 2.45) is 0 Å². The molecule has 0 heterocycles. The minimum absolute atomic E-state index is 0.0454. The Morgan fingerprint density at radius 1 is 0.958 bits per heavy atom. The van der Waals surface area contributed by atoms with E-state index in [0.717, 1.165) is 11.3 Å². The average molecular weight is 363 g/mol. The molecule has 4 nitrogen and oxygen atoms in total. The molecule has 126 valence electrons. The summed E-state index contributed by atoms with van der Waals surface area (Å²) in [6.07, 6.45) is 0. The monoisotopic (exact) mass is 362 g/mol. The van der Waals surface area contributed by atoms with Crippen LogP contribution in [0.25, 0.3) is 0 Å². The van der Waals surface area contributed by atoms with E-state index in [4.69, 9.17) is 11.6 Å². The summed E-state index contributed by atoms with van der Waals surface area (Å²) < 4.78 is 0. The second-order valence-corrected chi connectivity index (χ2v) is 6.52. The zero-order valence-corrected chi connectivity index (χ0v) is 14.7. The number of carbonyl (C=O) groups excluding carboxylic acids is 2. The van der Waals surface area contributed by atoms with Crippen molar-refractivity contribution in [3.8, 4) is 0 Å². The molecule has 0 atom stereocenters. The first-order valence-corrected chi connectivity index (χ1v) is 9.10. The second-order valence-electron chi connectivity index (χ2n) is 5.09. The lowest BCUT2D eigenvalue weighted by atomic mass is 10.2. The molecule has 0 aromatic heterocycles. The Balaban J connectivity index is 1.57. The lowest BCUT2D eigenvalue weighted by Crippen LogP contribution is -2.35. The van der Waals surface area contributed by atoms with Gasteiger partial charge in [-0.05, 0) is 29.8 Å². The Kier molecular flexibility index (Phi) is 7.65. The zero-order valence-electron chi connectivity index (χ0n) is 13.1. The van der Waals surface area contributed by atoms with Crippen LogP contribution in [0.3, 0.4) is 0 Å². The molecule has 0 aliphatic rings. The first kappa shape index (κ1) is 18.4. The molecular formula is C18H19ClN2O2S. The van der Waals surface area contributed by atoms with E-state index in [2.05, 4.69) is 10.6 Å². The van der Waals surface area contributed by atoms with Crippen LogP contribution in [0.2, 0.25) is 5.02 Å². The van der Waals surface area contributed by atoms with Crippen LogP contribution < -0.4 is 10.6 Å². The van der Waals surface area contributed by atoms with Crippen molar-refractivity contribution in [2.75, 3.05) is 18.8 Å².